The van der Waals surface area contributed by atoms with Crippen LogP contribution in [-0.4, -0.2) is 31.9 Å². The van der Waals surface area contributed by atoms with Crippen molar-refractivity contribution in [1.82, 2.24) is 5.32 Å². The second kappa shape index (κ2) is 6.52. The summed E-state index contributed by atoms with van der Waals surface area (Å²) in [6, 6.07) is 0. The highest BCUT2D eigenvalue weighted by Gasteiger charge is 2.02. The first-order valence-corrected chi connectivity index (χ1v) is 3.94. The molecule has 0 aromatic carbocycles. The van der Waals surface area contributed by atoms with Gasteiger partial charge in [-0.25, -0.2) is 0 Å². The van der Waals surface area contributed by atoms with Gasteiger partial charge in [0.1, 0.15) is 0 Å². The Hall–Kier alpha value is -1.19. The van der Waals surface area contributed by atoms with Crippen molar-refractivity contribution in [3.05, 3.63) is 0 Å². The smallest absolute Gasteiger partial charge is 0.219 e. The van der Waals surface area contributed by atoms with Crippen LogP contribution in [-0.2, 0) is 4.79 Å². The van der Waals surface area contributed by atoms with Crippen molar-refractivity contribution < 1.29 is 4.79 Å². The van der Waals surface area contributed by atoms with Crippen LogP contribution in [0.2, 0.25) is 0 Å². The summed E-state index contributed by atoms with van der Waals surface area (Å²) in [5, 5.41) is 9.68. The topological polar surface area (TPSA) is 65.3 Å². The predicted molar refractivity (Wildman–Crippen MR) is 50.0 cm³/mol. The molecule has 0 aromatic heterocycles. The van der Waals surface area contributed by atoms with Crippen molar-refractivity contribution in [3.8, 4) is 0 Å². The number of nitrogens with one attached hydrogen (secondary N) is 2. The molecule has 1 atom stereocenters. The summed E-state index contributed by atoms with van der Waals surface area (Å²) in [5.74, 6) is -0.0724. The lowest BCUT2D eigenvalue weighted by atomic mass is 10.2. The lowest BCUT2D eigenvalue weighted by molar-refractivity contribution is -0.120. The molecule has 68 valence electrons. The average Bonchev–Trinajstić information content (AvgIpc) is 2.11. The molecule has 0 radical (unpaired) electrons. The van der Waals surface area contributed by atoms with Crippen LogP contribution in [0.25, 0.3) is 0 Å². The summed E-state index contributed by atoms with van der Waals surface area (Å²) < 4.78 is 0. The highest BCUT2D eigenvalue weighted by atomic mass is 16.1. The minimum absolute atomic E-state index is 0.00588. The fraction of sp³-hybridized carbons (Fsp3) is 0.625. The third-order valence-electron chi connectivity index (χ3n) is 1.41. The van der Waals surface area contributed by atoms with Crippen molar-refractivity contribution in [2.45, 2.75) is 13.3 Å². The Kier molecular flexibility index (Phi) is 5.87. The van der Waals surface area contributed by atoms with Gasteiger partial charge in [0.05, 0.1) is 0 Å². The Morgan fingerprint density at radius 3 is 2.83 bits per heavy atom. The number of aliphatic imine (C=N–C) groups is 1. The molecule has 0 aromatic rings. The predicted octanol–water partition coefficient (Wildman–Crippen LogP) is 0.479. The maximum atomic E-state index is 10.8. The molecule has 1 unspecified atom stereocenters. The van der Waals surface area contributed by atoms with Crippen molar-refractivity contribution in [1.29, 1.82) is 5.41 Å². The molecule has 0 aliphatic rings. The molecule has 1 amide bonds. The lowest BCUT2D eigenvalue weighted by Crippen LogP contribution is -2.29. The van der Waals surface area contributed by atoms with E-state index in [0.717, 1.165) is 0 Å². The van der Waals surface area contributed by atoms with Gasteiger partial charge in [-0.3, -0.25) is 4.79 Å². The molecule has 0 saturated heterocycles. The SMILES string of the molecule is CCC(=O)NCC(C=N)C=NC. The third-order valence-corrected chi connectivity index (χ3v) is 1.41. The van der Waals surface area contributed by atoms with E-state index in [9.17, 15) is 4.79 Å². The fourth-order valence-electron chi connectivity index (χ4n) is 0.703. The van der Waals surface area contributed by atoms with Crippen LogP contribution in [0.15, 0.2) is 4.99 Å². The van der Waals surface area contributed by atoms with Gasteiger partial charge in [0.15, 0.2) is 0 Å². The molecule has 4 nitrogen and oxygen atoms in total. The van der Waals surface area contributed by atoms with Crippen LogP contribution in [0.1, 0.15) is 13.3 Å². The van der Waals surface area contributed by atoms with Crippen LogP contribution in [0.4, 0.5) is 0 Å². The quantitative estimate of drug-likeness (QED) is 0.577. The van der Waals surface area contributed by atoms with Gasteiger partial charge < -0.3 is 15.7 Å². The van der Waals surface area contributed by atoms with E-state index in [2.05, 4.69) is 10.3 Å². The molecule has 0 aliphatic heterocycles. The van der Waals surface area contributed by atoms with Crippen molar-refractivity contribution in [2.75, 3.05) is 13.6 Å². The molecule has 0 bridgehead atoms. The van der Waals surface area contributed by atoms with Crippen LogP contribution in [0, 0.1) is 11.3 Å². The summed E-state index contributed by atoms with van der Waals surface area (Å²) in [5.41, 5.74) is 0. The Morgan fingerprint density at radius 1 is 1.75 bits per heavy atom. The van der Waals surface area contributed by atoms with Crippen LogP contribution >= 0.6 is 0 Å². The summed E-state index contributed by atoms with van der Waals surface area (Å²) in [4.78, 5) is 14.6. The lowest BCUT2D eigenvalue weighted by Gasteiger charge is -2.06. The number of amides is 1. The van der Waals surface area contributed by atoms with E-state index < -0.39 is 0 Å². The van der Waals surface area contributed by atoms with Gasteiger partial charge in [0.2, 0.25) is 5.91 Å². The number of hydrogen-bond acceptors (Lipinski definition) is 3. The first-order valence-electron chi connectivity index (χ1n) is 3.94. The molecular weight excluding hydrogens is 154 g/mol. The van der Waals surface area contributed by atoms with E-state index in [-0.39, 0.29) is 11.8 Å². The summed E-state index contributed by atoms with van der Waals surface area (Å²) in [6.07, 6.45) is 3.39. The van der Waals surface area contributed by atoms with Crippen LogP contribution < -0.4 is 5.32 Å². The molecular formula is C8H15N3O. The summed E-state index contributed by atoms with van der Waals surface area (Å²) in [6.45, 7) is 2.26. The number of hydrogen-bond donors (Lipinski definition) is 2. The summed E-state index contributed by atoms with van der Waals surface area (Å²) >= 11 is 0. The Bertz CT molecular complexity index is 177. The van der Waals surface area contributed by atoms with Gasteiger partial charge in [0.25, 0.3) is 0 Å². The highest BCUT2D eigenvalue weighted by molar-refractivity contribution is 5.83. The molecule has 0 saturated carbocycles. The minimum atomic E-state index is -0.0782. The normalized spacial score (nSPS) is 12.8. The molecule has 0 heterocycles. The van der Waals surface area contributed by atoms with E-state index in [0.29, 0.717) is 13.0 Å². The second-order valence-corrected chi connectivity index (χ2v) is 2.40. The number of rotatable bonds is 5. The molecule has 0 rings (SSSR count). The van der Waals surface area contributed by atoms with Gasteiger partial charge in [0, 0.05) is 38.4 Å². The number of carbonyl (C=O) groups is 1. The molecule has 0 spiro atoms. The maximum absolute atomic E-state index is 10.8. The Morgan fingerprint density at radius 2 is 2.42 bits per heavy atom. The fourth-order valence-corrected chi connectivity index (χ4v) is 0.703. The maximum Gasteiger partial charge on any atom is 0.219 e. The summed E-state index contributed by atoms with van der Waals surface area (Å²) in [7, 11) is 1.65. The van der Waals surface area contributed by atoms with Gasteiger partial charge in [-0.1, -0.05) is 6.92 Å². The number of carbonyl (C=O) groups excluding carboxylic acids is 1. The van der Waals surface area contributed by atoms with Crippen LogP contribution in [0.5, 0.6) is 0 Å². The van der Waals surface area contributed by atoms with Crippen molar-refractivity contribution in [3.63, 3.8) is 0 Å². The minimum Gasteiger partial charge on any atom is -0.355 e. The zero-order valence-electron chi connectivity index (χ0n) is 7.50. The monoisotopic (exact) mass is 169 g/mol. The van der Waals surface area contributed by atoms with E-state index in [1.807, 2.05) is 0 Å². The van der Waals surface area contributed by atoms with Gasteiger partial charge in [-0.15, -0.1) is 0 Å². The molecule has 0 aliphatic carbocycles. The van der Waals surface area contributed by atoms with Crippen molar-refractivity contribution >= 4 is 18.3 Å². The zero-order chi connectivity index (χ0) is 9.40. The van der Waals surface area contributed by atoms with Crippen LogP contribution in [0.3, 0.4) is 0 Å². The molecule has 2 N–H and O–H groups in total. The van der Waals surface area contributed by atoms with E-state index in [4.69, 9.17) is 5.41 Å². The highest BCUT2D eigenvalue weighted by Crippen LogP contribution is 1.85. The first kappa shape index (κ1) is 10.8. The zero-order valence-corrected chi connectivity index (χ0v) is 7.50. The van der Waals surface area contributed by atoms with E-state index in [1.54, 1.807) is 20.2 Å². The third kappa shape index (κ3) is 4.60. The Labute approximate surface area is 72.6 Å². The van der Waals surface area contributed by atoms with E-state index >= 15 is 0 Å². The standard InChI is InChI=1S/C8H15N3O/c1-3-8(12)11-6-7(4-9)5-10-2/h4-5,7,9H,3,6H2,1-2H3,(H,11,12). The van der Waals surface area contributed by atoms with Gasteiger partial charge in [-0.2, -0.15) is 0 Å². The first-order chi connectivity index (χ1) is 5.74. The largest absolute Gasteiger partial charge is 0.355 e. The van der Waals surface area contributed by atoms with E-state index in [1.165, 1.54) is 6.21 Å². The van der Waals surface area contributed by atoms with Gasteiger partial charge in [-0.05, 0) is 0 Å². The Balaban J connectivity index is 3.72. The second-order valence-electron chi connectivity index (χ2n) is 2.40. The number of nitrogens with zero attached hydrogens (tertiary/aromatic N) is 1. The van der Waals surface area contributed by atoms with Crippen molar-refractivity contribution in [2.24, 2.45) is 10.9 Å². The molecule has 4 heteroatoms. The average molecular weight is 169 g/mol. The molecule has 12 heavy (non-hydrogen) atoms. The van der Waals surface area contributed by atoms with Gasteiger partial charge >= 0.3 is 0 Å². The molecule has 0 fully saturated rings.